The molecule has 0 fully saturated rings. The second-order valence-electron chi connectivity index (χ2n) is 3.45. The van der Waals surface area contributed by atoms with Gasteiger partial charge in [0, 0.05) is 11.6 Å². The van der Waals surface area contributed by atoms with Gasteiger partial charge in [0.1, 0.15) is 10.5 Å². The molecule has 2 rings (SSSR count). The Labute approximate surface area is 111 Å². The maximum atomic E-state index is 5.89. The van der Waals surface area contributed by atoms with Crippen LogP contribution in [-0.4, -0.2) is 17.1 Å². The average molecular weight is 265 g/mol. The van der Waals surface area contributed by atoms with Crippen LogP contribution in [0.2, 0.25) is 5.02 Å². The molecule has 0 aliphatic carbocycles. The molecular formula is C14H17ClOSi. The Morgan fingerprint density at radius 1 is 1.00 bits per heavy atom. The second-order valence-corrected chi connectivity index (χ2v) is 4.47. The maximum Gasteiger partial charge on any atom is 0.145 e. The van der Waals surface area contributed by atoms with Crippen LogP contribution in [0.5, 0.6) is 0 Å². The minimum atomic E-state index is 0.779. The molecule has 0 aliphatic rings. The van der Waals surface area contributed by atoms with E-state index in [1.807, 2.05) is 43.3 Å². The van der Waals surface area contributed by atoms with Crippen molar-refractivity contribution in [3.63, 3.8) is 0 Å². The zero-order valence-electron chi connectivity index (χ0n) is 10.2. The fourth-order valence-electron chi connectivity index (χ4n) is 1.30. The zero-order valence-corrected chi connectivity index (χ0v) is 12.9. The molecule has 1 nitrogen and oxygen atoms in total. The Morgan fingerprint density at radius 2 is 1.59 bits per heavy atom. The third-order valence-electron chi connectivity index (χ3n) is 2.22. The van der Waals surface area contributed by atoms with E-state index in [4.69, 9.17) is 11.6 Å². The largest absolute Gasteiger partial charge is 0.428 e. The molecule has 2 aromatic carbocycles. The van der Waals surface area contributed by atoms with Crippen LogP contribution in [0, 0.1) is 0 Å². The predicted octanol–water partition coefficient (Wildman–Crippen LogP) is 3.31. The van der Waals surface area contributed by atoms with E-state index >= 15 is 0 Å². The molecule has 0 heterocycles. The van der Waals surface area contributed by atoms with Crippen LogP contribution in [0.3, 0.4) is 0 Å². The second kappa shape index (κ2) is 8.07. The Kier molecular flexibility index (Phi) is 6.63. The molecule has 3 heteroatoms. The van der Waals surface area contributed by atoms with Gasteiger partial charge >= 0.3 is 0 Å². The molecule has 0 amide bonds. The third kappa shape index (κ3) is 5.17. The van der Waals surface area contributed by atoms with Gasteiger partial charge in [0.25, 0.3) is 0 Å². The first kappa shape index (κ1) is 14.0. The highest BCUT2D eigenvalue weighted by Gasteiger charge is 1.95. The molecule has 0 bridgehead atoms. The molecule has 17 heavy (non-hydrogen) atoms. The highest BCUT2D eigenvalue weighted by atomic mass is 35.5. The Morgan fingerprint density at radius 3 is 2.12 bits per heavy atom. The summed E-state index contributed by atoms with van der Waals surface area (Å²) in [6.07, 6.45) is 0. The van der Waals surface area contributed by atoms with Crippen molar-refractivity contribution in [3.8, 4) is 11.1 Å². The topological polar surface area (TPSA) is 9.23 Å². The minimum absolute atomic E-state index is 0.779. The van der Waals surface area contributed by atoms with Gasteiger partial charge in [-0.05, 0) is 30.2 Å². The fraction of sp³-hybridized carbons (Fsp3) is 0.143. The molecule has 0 spiro atoms. The van der Waals surface area contributed by atoms with E-state index in [-0.39, 0.29) is 0 Å². The van der Waals surface area contributed by atoms with Gasteiger partial charge in [-0.15, -0.1) is 0 Å². The highest BCUT2D eigenvalue weighted by molar-refractivity contribution is 6.30. The lowest BCUT2D eigenvalue weighted by atomic mass is 10.1. The van der Waals surface area contributed by atoms with E-state index in [9.17, 15) is 0 Å². The lowest BCUT2D eigenvalue weighted by Crippen LogP contribution is -1.76. The normalized spacial score (nSPS) is 9.53. The summed E-state index contributed by atoms with van der Waals surface area (Å²) in [5.74, 6) is 0. The molecule has 0 saturated carbocycles. The van der Waals surface area contributed by atoms with Crippen LogP contribution in [0.4, 0.5) is 0 Å². The first-order chi connectivity index (χ1) is 8.27. The van der Waals surface area contributed by atoms with Gasteiger partial charge in [0.2, 0.25) is 0 Å². The SMILES string of the molecule is CCO[SiH3].Clc1cccc(-c2ccccc2)c1. The monoisotopic (exact) mass is 264 g/mol. The number of hydrogen-bond acceptors (Lipinski definition) is 1. The van der Waals surface area contributed by atoms with E-state index in [0.717, 1.165) is 27.7 Å². The van der Waals surface area contributed by atoms with Gasteiger partial charge < -0.3 is 4.43 Å². The lowest BCUT2D eigenvalue weighted by Gasteiger charge is -2.00. The summed E-state index contributed by atoms with van der Waals surface area (Å²) in [7, 11) is 0.890. The summed E-state index contributed by atoms with van der Waals surface area (Å²) >= 11 is 5.89. The number of rotatable bonds is 2. The van der Waals surface area contributed by atoms with Crippen LogP contribution in [0.1, 0.15) is 6.92 Å². The molecule has 0 saturated heterocycles. The first-order valence-electron chi connectivity index (χ1n) is 5.58. The Bertz CT molecular complexity index is 429. The van der Waals surface area contributed by atoms with Gasteiger partial charge in [0.15, 0.2) is 0 Å². The van der Waals surface area contributed by atoms with Gasteiger partial charge in [-0.25, -0.2) is 0 Å². The maximum absolute atomic E-state index is 5.89. The molecule has 0 unspecified atom stereocenters. The first-order valence-corrected chi connectivity index (χ1v) is 6.77. The van der Waals surface area contributed by atoms with Crippen LogP contribution in [0.25, 0.3) is 11.1 Å². The van der Waals surface area contributed by atoms with E-state index in [2.05, 4.69) is 22.6 Å². The zero-order chi connectivity index (χ0) is 12.5. The van der Waals surface area contributed by atoms with Crippen LogP contribution >= 0.6 is 11.6 Å². The van der Waals surface area contributed by atoms with Crippen LogP contribution in [-0.2, 0) is 4.43 Å². The van der Waals surface area contributed by atoms with Crippen molar-refractivity contribution >= 4 is 22.1 Å². The fourth-order valence-corrected chi connectivity index (χ4v) is 1.49. The highest BCUT2D eigenvalue weighted by Crippen LogP contribution is 2.21. The van der Waals surface area contributed by atoms with Gasteiger partial charge in [-0.1, -0.05) is 54.1 Å². The summed E-state index contributed by atoms with van der Waals surface area (Å²) in [4.78, 5) is 0. The van der Waals surface area contributed by atoms with Crippen molar-refractivity contribution in [2.24, 2.45) is 0 Å². The number of halogens is 1. The van der Waals surface area contributed by atoms with E-state index in [0.29, 0.717) is 0 Å². The minimum Gasteiger partial charge on any atom is -0.428 e. The van der Waals surface area contributed by atoms with Crippen molar-refractivity contribution < 1.29 is 4.43 Å². The van der Waals surface area contributed by atoms with Crippen molar-refractivity contribution in [3.05, 3.63) is 59.6 Å². The summed E-state index contributed by atoms with van der Waals surface area (Å²) in [5, 5.41) is 0.779. The molecule has 2 aromatic rings. The molecular weight excluding hydrogens is 248 g/mol. The predicted molar refractivity (Wildman–Crippen MR) is 78.5 cm³/mol. The van der Waals surface area contributed by atoms with E-state index < -0.39 is 0 Å². The van der Waals surface area contributed by atoms with E-state index in [1.54, 1.807) is 0 Å². The van der Waals surface area contributed by atoms with Gasteiger partial charge in [-0.3, -0.25) is 0 Å². The van der Waals surface area contributed by atoms with Gasteiger partial charge in [0.05, 0.1) is 0 Å². The quantitative estimate of drug-likeness (QED) is 0.757. The summed E-state index contributed by atoms with van der Waals surface area (Å²) in [5.41, 5.74) is 2.36. The summed E-state index contributed by atoms with van der Waals surface area (Å²) in [6.45, 7) is 2.87. The van der Waals surface area contributed by atoms with Crippen molar-refractivity contribution in [1.82, 2.24) is 0 Å². The molecule has 0 aromatic heterocycles. The number of hydrogen-bond donors (Lipinski definition) is 0. The standard InChI is InChI=1S/C12H9Cl.C2H8OSi/c13-12-8-4-7-11(9-12)10-5-2-1-3-6-10;1-2-3-4/h1-9H;2H2,1,4H3. The smallest absolute Gasteiger partial charge is 0.145 e. The summed E-state index contributed by atoms with van der Waals surface area (Å²) in [6, 6.07) is 18.1. The van der Waals surface area contributed by atoms with E-state index in [1.165, 1.54) is 5.56 Å². The molecule has 0 atom stereocenters. The van der Waals surface area contributed by atoms with Crippen molar-refractivity contribution in [1.29, 1.82) is 0 Å². The number of benzene rings is 2. The molecule has 0 aliphatic heterocycles. The lowest BCUT2D eigenvalue weighted by molar-refractivity contribution is 0.375. The third-order valence-corrected chi connectivity index (χ3v) is 3.03. The molecule has 0 radical (unpaired) electrons. The summed E-state index contributed by atoms with van der Waals surface area (Å²) < 4.78 is 4.68. The van der Waals surface area contributed by atoms with Crippen LogP contribution in [0.15, 0.2) is 54.6 Å². The van der Waals surface area contributed by atoms with Crippen molar-refractivity contribution in [2.75, 3.05) is 6.61 Å². The average Bonchev–Trinajstić information content (AvgIpc) is 2.40. The van der Waals surface area contributed by atoms with Crippen LogP contribution < -0.4 is 0 Å². The van der Waals surface area contributed by atoms with Gasteiger partial charge in [-0.2, -0.15) is 0 Å². The van der Waals surface area contributed by atoms with Crippen molar-refractivity contribution in [2.45, 2.75) is 6.92 Å². The Hall–Kier alpha value is -1.09. The Balaban J connectivity index is 0.000000317. The molecule has 90 valence electrons. The molecule has 0 N–H and O–H groups in total.